The topological polar surface area (TPSA) is 161 Å². The molecule has 4 rings (SSSR count). The van der Waals surface area contributed by atoms with Crippen LogP contribution in [0, 0.1) is 11.8 Å². The minimum absolute atomic E-state index is 0.0642. The Bertz CT molecular complexity index is 1170. The van der Waals surface area contributed by atoms with E-state index >= 15 is 0 Å². The number of phenols is 1. The average molecular weight is 471 g/mol. The molecular weight excluding hydrogens is 440 g/mol. The van der Waals surface area contributed by atoms with Gasteiger partial charge in [-0.05, 0) is 62.9 Å². The molecule has 9 nitrogen and oxygen atoms in total. The van der Waals surface area contributed by atoms with Crippen LogP contribution in [0.3, 0.4) is 0 Å². The van der Waals surface area contributed by atoms with E-state index in [1.807, 2.05) is 0 Å². The van der Waals surface area contributed by atoms with Crippen LogP contribution in [-0.4, -0.2) is 68.5 Å². The molecule has 4 atom stereocenters. The molecule has 6 N–H and O–H groups in total. The highest BCUT2D eigenvalue weighted by Gasteiger charge is 2.63. The van der Waals surface area contributed by atoms with E-state index in [2.05, 4.69) is 6.92 Å². The molecule has 3 aliphatic rings. The Balaban J connectivity index is 1.93. The van der Waals surface area contributed by atoms with Crippen molar-refractivity contribution in [1.82, 2.24) is 4.90 Å². The fraction of sp³-hybridized carbons (Fsp3) is 0.480. The first kappa shape index (κ1) is 24.0. The number of carbonyl (C=O) groups is 3. The quantitative estimate of drug-likeness (QED) is 0.404. The van der Waals surface area contributed by atoms with Crippen molar-refractivity contribution in [2.75, 3.05) is 14.1 Å². The number of unbranched alkanes of at least 4 members (excludes halogenated alkanes) is 1. The molecular formula is C25H30N2O7. The summed E-state index contributed by atoms with van der Waals surface area (Å²) in [6.07, 6.45) is 2.99. The Morgan fingerprint density at radius 2 is 1.88 bits per heavy atom. The Kier molecular flexibility index (Phi) is 5.81. The van der Waals surface area contributed by atoms with Crippen molar-refractivity contribution in [3.63, 3.8) is 0 Å². The van der Waals surface area contributed by atoms with E-state index < -0.39 is 58.0 Å². The lowest BCUT2D eigenvalue weighted by molar-refractivity contribution is -0.148. The lowest BCUT2D eigenvalue weighted by Crippen LogP contribution is -2.63. The van der Waals surface area contributed by atoms with Gasteiger partial charge >= 0.3 is 0 Å². The number of rotatable bonds is 5. The second-order valence-corrected chi connectivity index (χ2v) is 9.66. The van der Waals surface area contributed by atoms with E-state index in [1.165, 1.54) is 11.0 Å². The SMILES string of the molecule is CCCCc1ccc(O)c2c1C[C@H]1C[C@H]3[C@H](N(C)C)C(O)=C(C(N)=O)C(=O)[C@@]3(O)C(O)=C1C2=O. The fourth-order valence-corrected chi connectivity index (χ4v) is 5.92. The molecule has 0 unspecified atom stereocenters. The zero-order chi connectivity index (χ0) is 25.1. The second-order valence-electron chi connectivity index (χ2n) is 9.66. The van der Waals surface area contributed by atoms with Crippen LogP contribution >= 0.6 is 0 Å². The number of aryl methyl sites for hydroxylation is 1. The first-order valence-corrected chi connectivity index (χ1v) is 11.4. The van der Waals surface area contributed by atoms with Gasteiger partial charge in [0, 0.05) is 11.5 Å². The summed E-state index contributed by atoms with van der Waals surface area (Å²) in [5.74, 6) is -6.33. The Hall–Kier alpha value is -3.17. The molecule has 9 heteroatoms. The van der Waals surface area contributed by atoms with Crippen LogP contribution in [0.1, 0.15) is 47.7 Å². The number of aromatic hydroxyl groups is 1. The van der Waals surface area contributed by atoms with E-state index in [4.69, 9.17) is 5.73 Å². The van der Waals surface area contributed by atoms with Crippen molar-refractivity contribution in [3.8, 4) is 5.75 Å². The number of nitrogens with zero attached hydrogens (tertiary/aromatic N) is 1. The summed E-state index contributed by atoms with van der Waals surface area (Å²) in [4.78, 5) is 40.3. The largest absolute Gasteiger partial charge is 0.510 e. The minimum atomic E-state index is -2.61. The smallest absolute Gasteiger partial charge is 0.255 e. The van der Waals surface area contributed by atoms with E-state index in [-0.39, 0.29) is 23.3 Å². The summed E-state index contributed by atoms with van der Waals surface area (Å²) in [7, 11) is 3.21. The van der Waals surface area contributed by atoms with Gasteiger partial charge in [0.1, 0.15) is 22.8 Å². The van der Waals surface area contributed by atoms with Crippen LogP contribution in [0.4, 0.5) is 0 Å². The molecule has 1 amide bonds. The third-order valence-corrected chi connectivity index (χ3v) is 7.50. The van der Waals surface area contributed by atoms with Gasteiger partial charge in [0.15, 0.2) is 11.4 Å². The number of primary amides is 1. The summed E-state index contributed by atoms with van der Waals surface area (Å²) < 4.78 is 0. The van der Waals surface area contributed by atoms with Crippen LogP contribution in [0.2, 0.25) is 0 Å². The Morgan fingerprint density at radius 1 is 1.21 bits per heavy atom. The number of hydrogen-bond acceptors (Lipinski definition) is 8. The third-order valence-electron chi connectivity index (χ3n) is 7.50. The lowest BCUT2D eigenvalue weighted by atomic mass is 9.58. The molecule has 182 valence electrons. The van der Waals surface area contributed by atoms with Gasteiger partial charge in [-0.15, -0.1) is 0 Å². The number of allylic oxidation sites excluding steroid dienone is 1. The number of Topliss-reactive ketones (excluding diaryl/α,β-unsaturated/α-hetero) is 2. The fourth-order valence-electron chi connectivity index (χ4n) is 5.92. The summed E-state index contributed by atoms with van der Waals surface area (Å²) in [5.41, 5.74) is 3.48. The molecule has 0 fully saturated rings. The second kappa shape index (κ2) is 8.25. The van der Waals surface area contributed by atoms with Crippen molar-refractivity contribution in [2.45, 2.75) is 50.7 Å². The van der Waals surface area contributed by atoms with Crippen LogP contribution < -0.4 is 5.73 Å². The summed E-state index contributed by atoms with van der Waals surface area (Å²) in [5, 5.41) is 44.1. The highest BCUT2D eigenvalue weighted by atomic mass is 16.3. The van der Waals surface area contributed by atoms with Crippen LogP contribution in [0.15, 0.2) is 34.8 Å². The number of fused-ring (bicyclic) bond motifs is 3. The maximum absolute atomic E-state index is 13.6. The van der Waals surface area contributed by atoms with Gasteiger partial charge in [0.05, 0.1) is 11.6 Å². The zero-order valence-electron chi connectivity index (χ0n) is 19.5. The van der Waals surface area contributed by atoms with Gasteiger partial charge in [-0.1, -0.05) is 19.4 Å². The molecule has 0 aromatic heterocycles. The molecule has 0 bridgehead atoms. The number of aliphatic hydroxyl groups is 3. The molecule has 3 aliphatic carbocycles. The predicted octanol–water partition coefficient (Wildman–Crippen LogP) is 1.46. The van der Waals surface area contributed by atoms with Crippen molar-refractivity contribution in [1.29, 1.82) is 0 Å². The highest BCUT2D eigenvalue weighted by molar-refractivity contribution is 6.24. The molecule has 0 saturated heterocycles. The number of hydrogen-bond donors (Lipinski definition) is 5. The van der Waals surface area contributed by atoms with Crippen molar-refractivity contribution < 1.29 is 34.8 Å². The summed E-state index contributed by atoms with van der Waals surface area (Å²) >= 11 is 0. The van der Waals surface area contributed by atoms with Gasteiger partial charge in [-0.2, -0.15) is 0 Å². The monoisotopic (exact) mass is 470 g/mol. The van der Waals surface area contributed by atoms with Gasteiger partial charge < -0.3 is 26.2 Å². The molecule has 34 heavy (non-hydrogen) atoms. The van der Waals surface area contributed by atoms with E-state index in [0.29, 0.717) is 12.0 Å². The highest BCUT2D eigenvalue weighted by Crippen LogP contribution is 2.52. The number of benzene rings is 1. The molecule has 0 aliphatic heterocycles. The van der Waals surface area contributed by atoms with Crippen LogP contribution in [-0.2, 0) is 22.4 Å². The van der Waals surface area contributed by atoms with Crippen molar-refractivity contribution in [2.24, 2.45) is 17.6 Å². The Morgan fingerprint density at radius 3 is 2.47 bits per heavy atom. The van der Waals surface area contributed by atoms with Gasteiger partial charge in [0.2, 0.25) is 5.78 Å². The minimum Gasteiger partial charge on any atom is -0.510 e. The first-order chi connectivity index (χ1) is 16.0. The van der Waals surface area contributed by atoms with Gasteiger partial charge in [-0.25, -0.2) is 0 Å². The van der Waals surface area contributed by atoms with Gasteiger partial charge in [-0.3, -0.25) is 19.3 Å². The number of nitrogens with two attached hydrogens (primary N) is 1. The molecule has 1 aromatic carbocycles. The summed E-state index contributed by atoms with van der Waals surface area (Å²) in [6.45, 7) is 2.06. The number of ketones is 2. The Labute approximate surface area is 197 Å². The molecule has 0 radical (unpaired) electrons. The maximum Gasteiger partial charge on any atom is 0.255 e. The average Bonchev–Trinajstić information content (AvgIpc) is 2.75. The van der Waals surface area contributed by atoms with Gasteiger partial charge in [0.25, 0.3) is 5.91 Å². The zero-order valence-corrected chi connectivity index (χ0v) is 19.5. The predicted molar refractivity (Wildman–Crippen MR) is 122 cm³/mol. The molecule has 0 heterocycles. The van der Waals surface area contributed by atoms with Crippen LogP contribution in [0.5, 0.6) is 5.75 Å². The first-order valence-electron chi connectivity index (χ1n) is 11.4. The molecule has 1 aromatic rings. The maximum atomic E-state index is 13.6. The lowest BCUT2D eigenvalue weighted by Gasteiger charge is -2.50. The van der Waals surface area contributed by atoms with E-state index in [1.54, 1.807) is 20.2 Å². The summed E-state index contributed by atoms with van der Waals surface area (Å²) in [6, 6.07) is 2.25. The van der Waals surface area contributed by atoms with Crippen molar-refractivity contribution in [3.05, 3.63) is 51.5 Å². The normalized spacial score (nSPS) is 28.7. The van der Waals surface area contributed by atoms with Crippen molar-refractivity contribution >= 4 is 17.5 Å². The number of amides is 1. The van der Waals surface area contributed by atoms with Crippen LogP contribution in [0.25, 0.3) is 0 Å². The third kappa shape index (κ3) is 3.18. The number of likely N-dealkylation sites (N-methyl/N-ethyl adjacent to an activating group) is 1. The number of carbonyl (C=O) groups excluding carboxylic acids is 3. The number of aliphatic hydroxyl groups excluding tert-OH is 2. The number of phenolic OH excluding ortho intramolecular Hbond substituents is 1. The molecule has 0 saturated carbocycles. The van der Waals surface area contributed by atoms with E-state index in [0.717, 1.165) is 24.8 Å². The molecule has 0 spiro atoms. The van der Waals surface area contributed by atoms with E-state index in [9.17, 15) is 34.8 Å². The standard InChI is InChI=1S/C25H30N2O7/c1-4-5-6-11-7-8-15(28)17-13(11)9-12-10-14-19(27(2)3)21(30)18(24(26)33)23(32)25(14,34)22(31)16(12)20(17)29/h7-8,12,14,19,28,30-31,34H,4-6,9-10H2,1-3H3,(H2,26,33)/t12-,14-,19-,25-/m0/s1.